The number of aliphatic hydroxyl groups is 1. The summed E-state index contributed by atoms with van der Waals surface area (Å²) in [6.07, 6.45) is 16.0. The van der Waals surface area contributed by atoms with Crippen molar-refractivity contribution >= 4 is 6.29 Å². The summed E-state index contributed by atoms with van der Waals surface area (Å²) in [5, 5.41) is 10.3. The van der Waals surface area contributed by atoms with E-state index < -0.39 is 0 Å². The molecule has 2 aliphatic carbocycles. The van der Waals surface area contributed by atoms with Crippen LogP contribution in [0.5, 0.6) is 0 Å². The number of aliphatic hydroxyl groups excluding tert-OH is 1. The summed E-state index contributed by atoms with van der Waals surface area (Å²) in [6, 6.07) is 8.08. The molecule has 1 aromatic rings. The summed E-state index contributed by atoms with van der Waals surface area (Å²) in [7, 11) is 0. The molecule has 0 aromatic heterocycles. The van der Waals surface area contributed by atoms with Gasteiger partial charge in [0.1, 0.15) is 6.29 Å². The highest BCUT2D eigenvalue weighted by Gasteiger charge is 2.45. The maximum atomic E-state index is 11.1. The lowest BCUT2D eigenvalue weighted by atomic mass is 9.65. The first-order valence-corrected chi connectivity index (χ1v) is 9.57. The van der Waals surface area contributed by atoms with E-state index in [9.17, 15) is 9.90 Å². The Morgan fingerprint density at radius 1 is 1.23 bits per heavy atom. The minimum atomic E-state index is -0.0297. The first kappa shape index (κ1) is 18.4. The van der Waals surface area contributed by atoms with E-state index in [1.807, 2.05) is 24.3 Å². The van der Waals surface area contributed by atoms with E-state index in [0.29, 0.717) is 23.7 Å². The third-order valence-electron chi connectivity index (χ3n) is 5.99. The molecule has 136 valence electrons. The number of carbonyl (C=O) groups excluding carboxylic acids is 1. The van der Waals surface area contributed by atoms with Crippen molar-refractivity contribution in [2.45, 2.75) is 51.4 Å². The van der Waals surface area contributed by atoms with E-state index in [1.165, 1.54) is 16.7 Å². The molecule has 1 aromatic carbocycles. The topological polar surface area (TPSA) is 37.3 Å². The highest BCUT2D eigenvalue weighted by molar-refractivity contribution is 5.74. The molecule has 2 aliphatic rings. The van der Waals surface area contributed by atoms with E-state index in [-0.39, 0.29) is 5.41 Å². The lowest BCUT2D eigenvalue weighted by molar-refractivity contribution is 0.112. The molecule has 0 heterocycles. The molecular weight excluding hydrogens is 320 g/mol. The first-order chi connectivity index (χ1) is 12.6. The van der Waals surface area contributed by atoms with Gasteiger partial charge in [-0.05, 0) is 55.7 Å². The van der Waals surface area contributed by atoms with Crippen LogP contribution in [0.1, 0.15) is 61.9 Å². The predicted octanol–water partition coefficient (Wildman–Crippen LogP) is 6.22. The minimum Gasteiger partial charge on any atom is -0.512 e. The number of hydrogen-bond acceptors (Lipinski definition) is 2. The molecule has 0 fully saturated rings. The fourth-order valence-corrected chi connectivity index (χ4v) is 4.62. The third kappa shape index (κ3) is 3.46. The van der Waals surface area contributed by atoms with E-state index in [2.05, 4.69) is 44.2 Å². The lowest BCUT2D eigenvalue weighted by Gasteiger charge is -2.38. The molecule has 0 saturated carbocycles. The Kier molecular flexibility index (Phi) is 5.61. The van der Waals surface area contributed by atoms with Crippen molar-refractivity contribution in [3.63, 3.8) is 0 Å². The van der Waals surface area contributed by atoms with Gasteiger partial charge in [-0.2, -0.15) is 0 Å². The first-order valence-electron chi connectivity index (χ1n) is 9.57. The Labute approximate surface area is 156 Å². The van der Waals surface area contributed by atoms with E-state index in [0.717, 1.165) is 32.0 Å². The molecule has 2 heteroatoms. The van der Waals surface area contributed by atoms with Gasteiger partial charge in [0.25, 0.3) is 0 Å². The van der Waals surface area contributed by atoms with Gasteiger partial charge in [-0.15, -0.1) is 0 Å². The van der Waals surface area contributed by atoms with Crippen LogP contribution in [-0.2, 0) is 5.41 Å². The van der Waals surface area contributed by atoms with Crippen molar-refractivity contribution in [3.05, 3.63) is 82.7 Å². The van der Waals surface area contributed by atoms with Gasteiger partial charge in [0, 0.05) is 17.4 Å². The Bertz CT molecular complexity index is 777. The molecule has 0 spiro atoms. The van der Waals surface area contributed by atoms with Crippen LogP contribution in [0.15, 0.2) is 71.6 Å². The maximum Gasteiger partial charge on any atom is 0.150 e. The standard InChI is InChI=1S/C24H28O2/c1-3-7-20-16-24(15-19(20)4-2,21-12-10-18(17-25)11-13-21)22-8-5-6-9-23(26)14-22/h3,5-7,9-13,17,22,26H,4,8,14-16H2,1-2H3/b7-3-. The second-order valence-corrected chi connectivity index (χ2v) is 7.45. The van der Waals surface area contributed by atoms with Gasteiger partial charge in [-0.1, -0.05) is 61.1 Å². The third-order valence-corrected chi connectivity index (χ3v) is 5.99. The van der Waals surface area contributed by atoms with Crippen LogP contribution in [-0.4, -0.2) is 11.4 Å². The van der Waals surface area contributed by atoms with Gasteiger partial charge in [0.2, 0.25) is 0 Å². The highest BCUT2D eigenvalue weighted by atomic mass is 16.3. The lowest BCUT2D eigenvalue weighted by Crippen LogP contribution is -2.33. The number of allylic oxidation sites excluding steroid dienone is 8. The molecule has 0 radical (unpaired) electrons. The van der Waals surface area contributed by atoms with E-state index >= 15 is 0 Å². The van der Waals surface area contributed by atoms with Crippen LogP contribution in [0.2, 0.25) is 0 Å². The van der Waals surface area contributed by atoms with Crippen molar-refractivity contribution in [1.82, 2.24) is 0 Å². The fourth-order valence-electron chi connectivity index (χ4n) is 4.62. The van der Waals surface area contributed by atoms with Crippen molar-refractivity contribution in [2.24, 2.45) is 5.92 Å². The number of rotatable bonds is 5. The summed E-state index contributed by atoms with van der Waals surface area (Å²) in [4.78, 5) is 11.1. The largest absolute Gasteiger partial charge is 0.512 e. The molecule has 2 atom stereocenters. The van der Waals surface area contributed by atoms with Crippen molar-refractivity contribution in [1.29, 1.82) is 0 Å². The Morgan fingerprint density at radius 3 is 2.65 bits per heavy atom. The SMILES string of the molecule is C/C=C\C1=C(CC)CC(c2ccc(C=O)cc2)(C2CC=CC=C(O)C2)C1. The Hall–Kier alpha value is -2.35. The minimum absolute atomic E-state index is 0.0297. The van der Waals surface area contributed by atoms with Crippen LogP contribution in [0.4, 0.5) is 0 Å². The van der Waals surface area contributed by atoms with E-state index in [4.69, 9.17) is 0 Å². The van der Waals surface area contributed by atoms with Gasteiger partial charge >= 0.3 is 0 Å². The van der Waals surface area contributed by atoms with E-state index in [1.54, 1.807) is 0 Å². The summed E-state index contributed by atoms with van der Waals surface area (Å²) in [6.45, 7) is 4.30. The van der Waals surface area contributed by atoms with Crippen LogP contribution in [0.3, 0.4) is 0 Å². The van der Waals surface area contributed by atoms with Gasteiger partial charge in [0.15, 0.2) is 0 Å². The van der Waals surface area contributed by atoms with Crippen molar-refractivity contribution < 1.29 is 9.90 Å². The molecule has 0 bridgehead atoms. The summed E-state index contributed by atoms with van der Waals surface area (Å²) >= 11 is 0. The zero-order valence-electron chi connectivity index (χ0n) is 15.7. The van der Waals surface area contributed by atoms with Gasteiger partial charge in [-0.25, -0.2) is 0 Å². The van der Waals surface area contributed by atoms with Crippen molar-refractivity contribution in [3.8, 4) is 0 Å². The molecule has 0 saturated heterocycles. The molecular formula is C24H28O2. The number of hydrogen-bond donors (Lipinski definition) is 1. The van der Waals surface area contributed by atoms with Crippen LogP contribution >= 0.6 is 0 Å². The predicted molar refractivity (Wildman–Crippen MR) is 107 cm³/mol. The molecule has 2 unspecified atom stereocenters. The average molecular weight is 348 g/mol. The summed E-state index contributed by atoms with van der Waals surface area (Å²) in [5.41, 5.74) is 4.91. The molecule has 3 rings (SSSR count). The maximum absolute atomic E-state index is 11.1. The second kappa shape index (κ2) is 7.90. The normalized spacial score (nSPS) is 26.2. The Balaban J connectivity index is 2.06. The highest BCUT2D eigenvalue weighted by Crippen LogP contribution is 2.53. The molecule has 0 amide bonds. The van der Waals surface area contributed by atoms with Gasteiger partial charge in [0.05, 0.1) is 5.76 Å². The zero-order valence-corrected chi connectivity index (χ0v) is 15.7. The summed E-state index contributed by atoms with van der Waals surface area (Å²) in [5.74, 6) is 0.800. The molecule has 0 aliphatic heterocycles. The van der Waals surface area contributed by atoms with Crippen molar-refractivity contribution in [2.75, 3.05) is 0 Å². The number of benzene rings is 1. The quantitative estimate of drug-likeness (QED) is 0.641. The number of aldehydes is 1. The van der Waals surface area contributed by atoms with Crippen LogP contribution < -0.4 is 0 Å². The van der Waals surface area contributed by atoms with Gasteiger partial charge in [-0.3, -0.25) is 4.79 Å². The van der Waals surface area contributed by atoms with Gasteiger partial charge < -0.3 is 5.11 Å². The average Bonchev–Trinajstić information content (AvgIpc) is 2.89. The van der Waals surface area contributed by atoms with Crippen LogP contribution in [0.25, 0.3) is 0 Å². The summed E-state index contributed by atoms with van der Waals surface area (Å²) < 4.78 is 0. The zero-order chi connectivity index (χ0) is 18.6. The monoisotopic (exact) mass is 348 g/mol. The number of carbonyl (C=O) groups is 1. The smallest absolute Gasteiger partial charge is 0.150 e. The Morgan fingerprint density at radius 2 is 2.00 bits per heavy atom. The van der Waals surface area contributed by atoms with Crippen LogP contribution in [0, 0.1) is 5.92 Å². The molecule has 2 nitrogen and oxygen atoms in total. The second-order valence-electron chi connectivity index (χ2n) is 7.45. The fraction of sp³-hybridized carbons (Fsp3) is 0.375. The molecule has 26 heavy (non-hydrogen) atoms. The molecule has 1 N–H and O–H groups in total.